The van der Waals surface area contributed by atoms with Crippen molar-refractivity contribution in [2.45, 2.75) is 26.8 Å². The maximum absolute atomic E-state index is 12.5. The standard InChI is InChI=1S/C18H25N7O/c1-5-24-12-15(13(2)22-24)16-7-9-19-17-14(11-21-25(16)17)18(26)20-8-6-10-23(3)4/h7,9,11-12H,5-6,8,10H2,1-4H3,(H,20,26). The molecule has 8 heteroatoms. The predicted molar refractivity (Wildman–Crippen MR) is 100 cm³/mol. The minimum Gasteiger partial charge on any atom is -0.352 e. The van der Waals surface area contributed by atoms with E-state index >= 15 is 0 Å². The largest absolute Gasteiger partial charge is 0.352 e. The molecule has 8 nitrogen and oxygen atoms in total. The van der Waals surface area contributed by atoms with E-state index in [2.05, 4.69) is 25.4 Å². The minimum absolute atomic E-state index is 0.149. The molecule has 0 aromatic carbocycles. The lowest BCUT2D eigenvalue weighted by Gasteiger charge is -2.09. The van der Waals surface area contributed by atoms with E-state index in [0.717, 1.165) is 36.5 Å². The molecule has 0 spiro atoms. The summed E-state index contributed by atoms with van der Waals surface area (Å²) in [4.78, 5) is 19.0. The topological polar surface area (TPSA) is 80.4 Å². The van der Waals surface area contributed by atoms with Crippen molar-refractivity contribution in [2.75, 3.05) is 27.2 Å². The zero-order valence-electron chi connectivity index (χ0n) is 15.7. The molecule has 0 aliphatic rings. The van der Waals surface area contributed by atoms with Crippen LogP contribution in [0.5, 0.6) is 0 Å². The number of fused-ring (bicyclic) bond motifs is 1. The van der Waals surface area contributed by atoms with Gasteiger partial charge in [-0.25, -0.2) is 9.50 Å². The van der Waals surface area contributed by atoms with Gasteiger partial charge in [0.1, 0.15) is 5.56 Å². The number of carbonyl (C=O) groups excluding carboxylic acids is 1. The molecule has 1 amide bonds. The molecule has 0 bridgehead atoms. The van der Waals surface area contributed by atoms with Gasteiger partial charge in [0, 0.05) is 31.0 Å². The molecule has 0 fully saturated rings. The Labute approximate surface area is 152 Å². The van der Waals surface area contributed by atoms with Crippen molar-refractivity contribution in [3.05, 3.63) is 35.9 Å². The minimum atomic E-state index is -0.149. The Hall–Kier alpha value is -2.74. The SMILES string of the molecule is CCn1cc(-c2ccnc3c(C(=O)NCCCN(C)C)cnn23)c(C)n1. The van der Waals surface area contributed by atoms with Gasteiger partial charge in [-0.2, -0.15) is 10.2 Å². The Morgan fingerprint density at radius 1 is 1.35 bits per heavy atom. The lowest BCUT2D eigenvalue weighted by molar-refractivity contribution is 0.0953. The molecule has 0 aliphatic heterocycles. The lowest BCUT2D eigenvalue weighted by atomic mass is 10.2. The molecule has 1 N–H and O–H groups in total. The smallest absolute Gasteiger partial charge is 0.256 e. The van der Waals surface area contributed by atoms with Gasteiger partial charge in [-0.05, 0) is 47.0 Å². The zero-order valence-corrected chi connectivity index (χ0v) is 15.7. The fourth-order valence-electron chi connectivity index (χ4n) is 2.88. The van der Waals surface area contributed by atoms with Crippen molar-refractivity contribution in [1.29, 1.82) is 0 Å². The highest BCUT2D eigenvalue weighted by Crippen LogP contribution is 2.23. The first kappa shape index (κ1) is 18.1. The van der Waals surface area contributed by atoms with Crippen LogP contribution in [-0.4, -0.2) is 62.4 Å². The van der Waals surface area contributed by atoms with Crippen LogP contribution in [0.15, 0.2) is 24.7 Å². The Kier molecular flexibility index (Phi) is 5.32. The Balaban J connectivity index is 1.86. The Bertz CT molecular complexity index is 910. The lowest BCUT2D eigenvalue weighted by Crippen LogP contribution is -2.27. The quantitative estimate of drug-likeness (QED) is 0.651. The van der Waals surface area contributed by atoms with Crippen LogP contribution in [0.2, 0.25) is 0 Å². The molecule has 0 saturated carbocycles. The van der Waals surface area contributed by atoms with Gasteiger partial charge in [-0.3, -0.25) is 9.48 Å². The highest BCUT2D eigenvalue weighted by molar-refractivity contribution is 5.99. The molecule has 26 heavy (non-hydrogen) atoms. The van der Waals surface area contributed by atoms with E-state index in [1.165, 1.54) is 0 Å². The number of hydrogen-bond acceptors (Lipinski definition) is 5. The Morgan fingerprint density at radius 2 is 2.15 bits per heavy atom. The van der Waals surface area contributed by atoms with E-state index in [1.54, 1.807) is 16.9 Å². The van der Waals surface area contributed by atoms with Gasteiger partial charge in [0.25, 0.3) is 5.91 Å². The third-order valence-electron chi connectivity index (χ3n) is 4.26. The van der Waals surface area contributed by atoms with Crippen LogP contribution in [0.25, 0.3) is 16.9 Å². The van der Waals surface area contributed by atoms with E-state index in [0.29, 0.717) is 17.8 Å². The van der Waals surface area contributed by atoms with E-state index in [9.17, 15) is 4.79 Å². The van der Waals surface area contributed by atoms with Gasteiger partial charge in [-0.1, -0.05) is 0 Å². The fraction of sp³-hybridized carbons (Fsp3) is 0.444. The van der Waals surface area contributed by atoms with Crippen LogP contribution in [0.1, 0.15) is 29.4 Å². The summed E-state index contributed by atoms with van der Waals surface area (Å²) in [7, 11) is 4.03. The van der Waals surface area contributed by atoms with Gasteiger partial charge in [0.05, 0.1) is 17.6 Å². The van der Waals surface area contributed by atoms with E-state index in [-0.39, 0.29) is 5.91 Å². The second kappa shape index (κ2) is 7.65. The highest BCUT2D eigenvalue weighted by Gasteiger charge is 2.17. The van der Waals surface area contributed by atoms with E-state index in [4.69, 9.17) is 0 Å². The molecular formula is C18H25N7O. The van der Waals surface area contributed by atoms with Crippen LogP contribution < -0.4 is 5.32 Å². The molecule has 0 unspecified atom stereocenters. The van der Waals surface area contributed by atoms with Crippen LogP contribution in [-0.2, 0) is 6.54 Å². The number of nitrogens with zero attached hydrogens (tertiary/aromatic N) is 6. The van der Waals surface area contributed by atoms with Crippen molar-refractivity contribution in [3.63, 3.8) is 0 Å². The van der Waals surface area contributed by atoms with E-state index < -0.39 is 0 Å². The molecule has 0 atom stereocenters. The van der Waals surface area contributed by atoms with Gasteiger partial charge in [0.15, 0.2) is 5.65 Å². The van der Waals surface area contributed by atoms with Crippen molar-refractivity contribution >= 4 is 11.6 Å². The summed E-state index contributed by atoms with van der Waals surface area (Å²) in [6, 6.07) is 1.89. The second-order valence-corrected chi connectivity index (χ2v) is 6.52. The van der Waals surface area contributed by atoms with Crippen molar-refractivity contribution < 1.29 is 4.79 Å². The van der Waals surface area contributed by atoms with Gasteiger partial charge in [-0.15, -0.1) is 0 Å². The number of aromatic nitrogens is 5. The number of nitrogens with one attached hydrogen (secondary N) is 1. The first-order chi connectivity index (χ1) is 12.5. The number of carbonyl (C=O) groups is 1. The molecule has 3 heterocycles. The third-order valence-corrected chi connectivity index (χ3v) is 4.26. The normalized spacial score (nSPS) is 11.4. The van der Waals surface area contributed by atoms with Crippen molar-refractivity contribution in [2.24, 2.45) is 0 Å². The molecule has 138 valence electrons. The Morgan fingerprint density at radius 3 is 2.85 bits per heavy atom. The summed E-state index contributed by atoms with van der Waals surface area (Å²) >= 11 is 0. The molecule has 0 radical (unpaired) electrons. The number of amides is 1. The van der Waals surface area contributed by atoms with Crippen LogP contribution in [0.4, 0.5) is 0 Å². The maximum atomic E-state index is 12.5. The average Bonchev–Trinajstić information content (AvgIpc) is 3.21. The van der Waals surface area contributed by atoms with Gasteiger partial charge >= 0.3 is 0 Å². The van der Waals surface area contributed by atoms with Gasteiger partial charge in [0.2, 0.25) is 0 Å². The van der Waals surface area contributed by atoms with Crippen molar-refractivity contribution in [3.8, 4) is 11.3 Å². The summed E-state index contributed by atoms with van der Waals surface area (Å²) < 4.78 is 3.59. The molecule has 3 aromatic heterocycles. The summed E-state index contributed by atoms with van der Waals surface area (Å²) in [6.45, 7) is 6.37. The zero-order chi connectivity index (χ0) is 18.7. The first-order valence-corrected chi connectivity index (χ1v) is 8.81. The monoisotopic (exact) mass is 355 g/mol. The first-order valence-electron chi connectivity index (χ1n) is 8.81. The number of aryl methyl sites for hydroxylation is 2. The molecule has 3 rings (SSSR count). The summed E-state index contributed by atoms with van der Waals surface area (Å²) in [5, 5.41) is 11.8. The molecule has 0 aliphatic carbocycles. The van der Waals surface area contributed by atoms with Crippen molar-refractivity contribution in [1.82, 2.24) is 34.6 Å². The predicted octanol–water partition coefficient (Wildman–Crippen LogP) is 1.60. The fourth-order valence-corrected chi connectivity index (χ4v) is 2.88. The summed E-state index contributed by atoms with van der Waals surface area (Å²) in [5.41, 5.74) is 3.82. The number of hydrogen-bond donors (Lipinski definition) is 1. The van der Waals surface area contributed by atoms with Crippen LogP contribution >= 0.6 is 0 Å². The molecule has 3 aromatic rings. The average molecular weight is 355 g/mol. The van der Waals surface area contributed by atoms with Crippen LogP contribution in [0.3, 0.4) is 0 Å². The summed E-state index contributed by atoms with van der Waals surface area (Å²) in [6.07, 6.45) is 6.17. The highest BCUT2D eigenvalue weighted by atomic mass is 16.1. The molecule has 0 saturated heterocycles. The van der Waals surface area contributed by atoms with Crippen LogP contribution in [0, 0.1) is 6.92 Å². The molecular weight excluding hydrogens is 330 g/mol. The second-order valence-electron chi connectivity index (χ2n) is 6.52. The number of rotatable bonds is 7. The third kappa shape index (κ3) is 3.60. The van der Waals surface area contributed by atoms with E-state index in [1.807, 2.05) is 44.9 Å². The maximum Gasteiger partial charge on any atom is 0.256 e. The summed E-state index contributed by atoms with van der Waals surface area (Å²) in [5.74, 6) is -0.149. The van der Waals surface area contributed by atoms with Gasteiger partial charge < -0.3 is 10.2 Å².